The number of urea groups is 1. The van der Waals surface area contributed by atoms with Gasteiger partial charge in [-0.3, -0.25) is 0 Å². The number of hydrogen-bond acceptors (Lipinski definition) is 3. The van der Waals surface area contributed by atoms with Crippen molar-refractivity contribution in [1.29, 1.82) is 0 Å². The number of carbonyl (C=O) groups is 2. The number of amides is 3. The van der Waals surface area contributed by atoms with Gasteiger partial charge in [0.2, 0.25) is 0 Å². The maximum absolute atomic E-state index is 12.4. The van der Waals surface area contributed by atoms with Crippen molar-refractivity contribution in [3.05, 3.63) is 0 Å². The minimum atomic E-state index is -4.39. The van der Waals surface area contributed by atoms with Gasteiger partial charge in [-0.25, -0.2) is 9.59 Å². The molecule has 0 aromatic rings. The lowest BCUT2D eigenvalue weighted by molar-refractivity contribution is -0.123. The molecule has 4 aliphatic rings. The zero-order chi connectivity index (χ0) is 21.5. The average molecular weight is 432 g/mol. The summed E-state index contributed by atoms with van der Waals surface area (Å²) in [6.07, 6.45) is 1.46. The third-order valence-corrected chi connectivity index (χ3v) is 7.68. The maximum Gasteiger partial charge on any atom is 0.407 e. The predicted octanol–water partition coefficient (Wildman–Crippen LogP) is 2.97. The second-order valence-electron chi connectivity index (χ2n) is 9.57. The van der Waals surface area contributed by atoms with Gasteiger partial charge in [-0.2, -0.15) is 13.2 Å². The van der Waals surface area contributed by atoms with Gasteiger partial charge in [-0.15, -0.1) is 0 Å². The average Bonchev–Trinajstić information content (AvgIpc) is 3.32. The Morgan fingerprint density at radius 3 is 2.37 bits per heavy atom. The van der Waals surface area contributed by atoms with Crippen LogP contribution < -0.4 is 5.32 Å². The van der Waals surface area contributed by atoms with Crippen molar-refractivity contribution in [2.45, 2.75) is 63.2 Å². The molecular formula is C20H31F3N4O3. The molecule has 3 amide bonds. The Hall–Kier alpha value is -1.71. The smallest absolute Gasteiger partial charge is 0.407 e. The zero-order valence-electron chi connectivity index (χ0n) is 17.2. The summed E-state index contributed by atoms with van der Waals surface area (Å²) in [5.74, 6) is 0.336. The molecule has 30 heavy (non-hydrogen) atoms. The molecule has 1 saturated carbocycles. The topological polar surface area (TPSA) is 76.1 Å². The SMILES string of the molecule is O=C(O)N1CCC2(CC(N3CCC([C@@H]4CCCN4C(=O)NCC(F)(F)F)CC3)C2)C1. The lowest BCUT2D eigenvalue weighted by Crippen LogP contribution is -2.55. The van der Waals surface area contributed by atoms with Crippen molar-refractivity contribution in [3.8, 4) is 0 Å². The van der Waals surface area contributed by atoms with E-state index < -0.39 is 24.8 Å². The lowest BCUT2D eigenvalue weighted by Gasteiger charge is -2.52. The van der Waals surface area contributed by atoms with Gasteiger partial charge in [0.05, 0.1) is 0 Å². The van der Waals surface area contributed by atoms with E-state index in [1.807, 2.05) is 5.32 Å². The monoisotopic (exact) mass is 432 g/mol. The Balaban J connectivity index is 1.23. The minimum absolute atomic E-state index is 0.0343. The quantitative estimate of drug-likeness (QED) is 0.719. The lowest BCUT2D eigenvalue weighted by atomic mass is 9.64. The second kappa shape index (κ2) is 8.09. The molecule has 7 nitrogen and oxygen atoms in total. The summed E-state index contributed by atoms with van der Waals surface area (Å²) >= 11 is 0. The summed E-state index contributed by atoms with van der Waals surface area (Å²) in [7, 11) is 0. The molecule has 3 aliphatic heterocycles. The molecule has 1 spiro atoms. The van der Waals surface area contributed by atoms with Gasteiger partial charge in [0.15, 0.2) is 0 Å². The number of rotatable bonds is 3. The highest BCUT2D eigenvalue weighted by Crippen LogP contribution is 2.50. The standard InChI is InChI=1S/C20H31F3N4O3/c21-20(22,23)12-24-17(28)27-6-1-2-16(27)14-3-7-25(8-4-14)15-10-19(11-15)5-9-26(13-19)18(29)30/h14-16H,1-13H2,(H,24,28)(H,29,30)/t15?,16-,19?/m0/s1. The normalized spacial score (nSPS) is 33.2. The van der Waals surface area contributed by atoms with E-state index in [9.17, 15) is 27.9 Å². The number of halogens is 3. The predicted molar refractivity (Wildman–Crippen MR) is 103 cm³/mol. The first-order chi connectivity index (χ1) is 14.2. The number of carbonyl (C=O) groups excluding carboxylic acids is 1. The first-order valence-corrected chi connectivity index (χ1v) is 11.0. The first kappa shape index (κ1) is 21.5. The molecule has 0 unspecified atom stereocenters. The van der Waals surface area contributed by atoms with Crippen molar-refractivity contribution in [1.82, 2.24) is 20.0 Å². The van der Waals surface area contributed by atoms with Gasteiger partial charge in [0.1, 0.15) is 6.54 Å². The van der Waals surface area contributed by atoms with Crippen LogP contribution in [-0.2, 0) is 0 Å². The van der Waals surface area contributed by atoms with E-state index in [1.165, 1.54) is 4.90 Å². The summed E-state index contributed by atoms with van der Waals surface area (Å²) in [6, 6.07) is -0.0519. The number of likely N-dealkylation sites (tertiary alicyclic amines) is 3. The van der Waals surface area contributed by atoms with E-state index in [0.717, 1.165) is 58.0 Å². The van der Waals surface area contributed by atoms with Crippen LogP contribution in [0.5, 0.6) is 0 Å². The molecule has 4 rings (SSSR count). The van der Waals surface area contributed by atoms with Crippen LogP contribution >= 0.6 is 0 Å². The molecule has 0 bridgehead atoms. The molecule has 3 saturated heterocycles. The molecule has 10 heteroatoms. The van der Waals surface area contributed by atoms with E-state index in [2.05, 4.69) is 4.90 Å². The van der Waals surface area contributed by atoms with Crippen molar-refractivity contribution in [3.63, 3.8) is 0 Å². The van der Waals surface area contributed by atoms with E-state index in [0.29, 0.717) is 31.6 Å². The van der Waals surface area contributed by atoms with Gasteiger partial charge in [0, 0.05) is 31.7 Å². The van der Waals surface area contributed by atoms with Crippen LogP contribution in [0.15, 0.2) is 0 Å². The maximum atomic E-state index is 12.4. The zero-order valence-corrected chi connectivity index (χ0v) is 17.2. The Kier molecular flexibility index (Phi) is 5.80. The van der Waals surface area contributed by atoms with Crippen LogP contribution in [0.2, 0.25) is 0 Å². The highest BCUT2D eigenvalue weighted by molar-refractivity contribution is 5.75. The minimum Gasteiger partial charge on any atom is -0.465 e. The van der Waals surface area contributed by atoms with E-state index in [4.69, 9.17) is 0 Å². The van der Waals surface area contributed by atoms with E-state index >= 15 is 0 Å². The van der Waals surface area contributed by atoms with Gasteiger partial charge >= 0.3 is 18.3 Å². The third kappa shape index (κ3) is 4.48. The second-order valence-corrected chi connectivity index (χ2v) is 9.57. The Morgan fingerprint density at radius 2 is 1.77 bits per heavy atom. The van der Waals surface area contributed by atoms with Crippen molar-refractivity contribution < 1.29 is 27.9 Å². The van der Waals surface area contributed by atoms with E-state index in [-0.39, 0.29) is 11.5 Å². The molecule has 0 aromatic carbocycles. The van der Waals surface area contributed by atoms with Crippen LogP contribution in [0.25, 0.3) is 0 Å². The Bertz CT molecular complexity index is 660. The summed E-state index contributed by atoms with van der Waals surface area (Å²) in [5, 5.41) is 11.2. The fourth-order valence-electron chi connectivity index (χ4n) is 6.11. The van der Waals surface area contributed by atoms with Crippen LogP contribution in [0.3, 0.4) is 0 Å². The van der Waals surface area contributed by atoms with Crippen LogP contribution in [0.1, 0.15) is 44.9 Å². The highest BCUT2D eigenvalue weighted by atomic mass is 19.4. The molecule has 1 atom stereocenters. The summed E-state index contributed by atoms with van der Waals surface area (Å²) in [5.41, 5.74) is 0.165. The molecule has 0 radical (unpaired) electrons. The molecule has 4 fully saturated rings. The van der Waals surface area contributed by atoms with Crippen LogP contribution in [0, 0.1) is 11.3 Å². The number of nitrogens with one attached hydrogen (secondary N) is 1. The first-order valence-electron chi connectivity index (χ1n) is 11.0. The molecule has 3 heterocycles. The Labute approximate surface area is 174 Å². The summed E-state index contributed by atoms with van der Waals surface area (Å²) in [6.45, 7) is 2.43. The summed E-state index contributed by atoms with van der Waals surface area (Å²) in [4.78, 5) is 29.1. The van der Waals surface area contributed by atoms with Gasteiger partial charge in [-0.05, 0) is 69.4 Å². The van der Waals surface area contributed by atoms with Crippen LogP contribution in [0.4, 0.5) is 22.8 Å². The number of alkyl halides is 3. The van der Waals surface area contributed by atoms with Gasteiger partial charge in [-0.1, -0.05) is 0 Å². The largest absolute Gasteiger partial charge is 0.465 e. The summed E-state index contributed by atoms with van der Waals surface area (Å²) < 4.78 is 37.2. The van der Waals surface area contributed by atoms with Crippen molar-refractivity contribution >= 4 is 12.1 Å². The number of hydrogen-bond donors (Lipinski definition) is 2. The number of piperidine rings is 1. The third-order valence-electron chi connectivity index (χ3n) is 7.68. The van der Waals surface area contributed by atoms with Crippen molar-refractivity contribution in [2.75, 3.05) is 39.3 Å². The van der Waals surface area contributed by atoms with E-state index in [1.54, 1.807) is 4.90 Å². The fourth-order valence-corrected chi connectivity index (χ4v) is 6.11. The number of carboxylic acid groups (broad SMARTS) is 1. The number of nitrogens with zero attached hydrogens (tertiary/aromatic N) is 3. The molecule has 0 aromatic heterocycles. The molecule has 2 N–H and O–H groups in total. The Morgan fingerprint density at radius 1 is 1.07 bits per heavy atom. The fraction of sp³-hybridized carbons (Fsp3) is 0.900. The van der Waals surface area contributed by atoms with Gasteiger partial charge < -0.3 is 25.1 Å². The molecular weight excluding hydrogens is 401 g/mol. The molecule has 1 aliphatic carbocycles. The van der Waals surface area contributed by atoms with Crippen molar-refractivity contribution in [2.24, 2.45) is 11.3 Å². The van der Waals surface area contributed by atoms with Gasteiger partial charge in [0.25, 0.3) is 0 Å². The van der Waals surface area contributed by atoms with Crippen LogP contribution in [-0.4, -0.2) is 89.5 Å². The highest BCUT2D eigenvalue weighted by Gasteiger charge is 2.51. The molecule has 170 valence electrons.